The van der Waals surface area contributed by atoms with Crippen molar-refractivity contribution < 1.29 is 14.6 Å². The van der Waals surface area contributed by atoms with Gasteiger partial charge < -0.3 is 14.7 Å². The van der Waals surface area contributed by atoms with Gasteiger partial charge in [-0.2, -0.15) is 0 Å². The predicted molar refractivity (Wildman–Crippen MR) is 142 cm³/mol. The van der Waals surface area contributed by atoms with Gasteiger partial charge in [0.25, 0.3) is 0 Å². The van der Waals surface area contributed by atoms with Crippen LogP contribution in [-0.4, -0.2) is 71.8 Å². The Morgan fingerprint density at radius 1 is 1.17 bits per heavy atom. The first-order valence-corrected chi connectivity index (χ1v) is 13.5. The Bertz CT molecular complexity index is 905. The summed E-state index contributed by atoms with van der Waals surface area (Å²) in [6, 6.07) is 10.5. The molecule has 1 aromatic rings. The minimum absolute atomic E-state index is 0.137. The van der Waals surface area contributed by atoms with Crippen molar-refractivity contribution in [1.29, 1.82) is 0 Å². The van der Waals surface area contributed by atoms with Crippen LogP contribution < -0.4 is 0 Å². The van der Waals surface area contributed by atoms with Gasteiger partial charge >= 0.3 is 5.97 Å². The van der Waals surface area contributed by atoms with Gasteiger partial charge in [0, 0.05) is 58.5 Å². The van der Waals surface area contributed by atoms with Gasteiger partial charge in [-0.15, -0.1) is 0 Å². The number of esters is 1. The third-order valence-electron chi connectivity index (χ3n) is 8.81. The maximum atomic E-state index is 11.8. The summed E-state index contributed by atoms with van der Waals surface area (Å²) in [4.78, 5) is 16.7. The number of benzene rings is 1. The van der Waals surface area contributed by atoms with E-state index in [1.807, 2.05) is 0 Å². The lowest BCUT2D eigenvalue weighted by atomic mass is 9.57. The van der Waals surface area contributed by atoms with Crippen LogP contribution in [-0.2, 0) is 9.53 Å². The molecule has 3 aliphatic rings. The van der Waals surface area contributed by atoms with Crippen molar-refractivity contribution in [2.75, 3.05) is 39.3 Å². The smallest absolute Gasteiger partial charge is 0.303 e. The van der Waals surface area contributed by atoms with Crippen molar-refractivity contribution in [2.24, 2.45) is 23.7 Å². The van der Waals surface area contributed by atoms with Gasteiger partial charge in [0.05, 0.1) is 5.60 Å². The first kappa shape index (κ1) is 26.1. The molecule has 2 aliphatic carbocycles. The largest absolute Gasteiger partial charge is 0.458 e. The van der Waals surface area contributed by atoms with Crippen molar-refractivity contribution in [1.82, 2.24) is 9.80 Å². The monoisotopic (exact) mass is 480 g/mol. The summed E-state index contributed by atoms with van der Waals surface area (Å²) in [6.07, 6.45) is 9.15. The second-order valence-corrected chi connectivity index (χ2v) is 11.3. The molecule has 0 aromatic heterocycles. The van der Waals surface area contributed by atoms with Gasteiger partial charge in [-0.25, -0.2) is 0 Å². The zero-order valence-electron chi connectivity index (χ0n) is 22.0. The fourth-order valence-corrected chi connectivity index (χ4v) is 6.60. The van der Waals surface area contributed by atoms with E-state index in [9.17, 15) is 9.90 Å². The highest BCUT2D eigenvalue weighted by molar-refractivity contribution is 5.66. The maximum absolute atomic E-state index is 11.8. The number of carbonyl (C=O) groups is 1. The average Bonchev–Trinajstić information content (AvgIpc) is 2.83. The van der Waals surface area contributed by atoms with Gasteiger partial charge in [0.2, 0.25) is 0 Å². The molecule has 0 unspecified atom stereocenters. The second-order valence-electron chi connectivity index (χ2n) is 11.3. The summed E-state index contributed by atoms with van der Waals surface area (Å²) in [5, 5.41) is 11.8. The molecule has 1 saturated heterocycles. The van der Waals surface area contributed by atoms with E-state index < -0.39 is 5.60 Å². The molecule has 1 aliphatic heterocycles. The van der Waals surface area contributed by atoms with Crippen LogP contribution >= 0.6 is 0 Å². The number of nitrogens with zero attached hydrogens (tertiary/aromatic N) is 2. The van der Waals surface area contributed by atoms with Crippen molar-refractivity contribution in [3.8, 4) is 0 Å². The summed E-state index contributed by atoms with van der Waals surface area (Å²) in [6.45, 7) is 14.5. The quantitative estimate of drug-likeness (QED) is 0.456. The van der Waals surface area contributed by atoms with Crippen LogP contribution in [0.2, 0.25) is 0 Å². The Morgan fingerprint density at radius 2 is 1.86 bits per heavy atom. The second kappa shape index (κ2) is 11.4. The number of aliphatic hydroxyl groups is 1. The van der Waals surface area contributed by atoms with E-state index in [4.69, 9.17) is 4.74 Å². The highest BCUT2D eigenvalue weighted by atomic mass is 16.5. The molecule has 0 radical (unpaired) electrons. The number of carbonyl (C=O) groups excluding carboxylic acids is 1. The lowest BCUT2D eigenvalue weighted by Gasteiger charge is -2.53. The van der Waals surface area contributed by atoms with E-state index in [1.54, 1.807) is 0 Å². The summed E-state index contributed by atoms with van der Waals surface area (Å²) < 4.78 is 5.56. The molecule has 1 N–H and O–H groups in total. The van der Waals surface area contributed by atoms with Crippen LogP contribution in [0.1, 0.15) is 52.5 Å². The number of rotatable bonds is 7. The van der Waals surface area contributed by atoms with Crippen LogP contribution in [0.5, 0.6) is 0 Å². The molecule has 1 saturated carbocycles. The lowest BCUT2D eigenvalue weighted by molar-refractivity contribution is -0.159. The Balaban J connectivity index is 1.32. The van der Waals surface area contributed by atoms with Crippen molar-refractivity contribution in [2.45, 2.75) is 58.7 Å². The minimum Gasteiger partial charge on any atom is -0.458 e. The number of fused-ring (bicyclic) bond motifs is 1. The van der Waals surface area contributed by atoms with E-state index in [-0.39, 0.29) is 23.9 Å². The molecule has 0 bridgehead atoms. The SMILES string of the molecule is CC(=O)O[C@@H]1C[C@@]2(O)[C@H](C)CC[C@@H]([C@H](C)CN3CCN(C/C=C/c4ccccc4)CC3)[C@H]2C=C1C. The molecular weight excluding hydrogens is 436 g/mol. The van der Waals surface area contributed by atoms with Crippen molar-refractivity contribution >= 4 is 12.0 Å². The predicted octanol–water partition coefficient (Wildman–Crippen LogP) is 4.63. The average molecular weight is 481 g/mol. The first-order valence-electron chi connectivity index (χ1n) is 13.5. The fourth-order valence-electron chi connectivity index (χ4n) is 6.60. The number of ether oxygens (including phenoxy) is 1. The van der Waals surface area contributed by atoms with E-state index in [1.165, 1.54) is 12.5 Å². The van der Waals surface area contributed by atoms with Crippen LogP contribution in [0.4, 0.5) is 0 Å². The Kier molecular flexibility index (Phi) is 8.51. The number of hydrogen-bond acceptors (Lipinski definition) is 5. The van der Waals surface area contributed by atoms with Crippen LogP contribution in [0.3, 0.4) is 0 Å². The molecule has 35 heavy (non-hydrogen) atoms. The van der Waals surface area contributed by atoms with E-state index >= 15 is 0 Å². The minimum atomic E-state index is -0.791. The molecular formula is C30H44N2O3. The van der Waals surface area contributed by atoms with Gasteiger partial charge in [-0.3, -0.25) is 9.69 Å². The molecule has 2 fully saturated rings. The summed E-state index contributed by atoms with van der Waals surface area (Å²) in [5.74, 6) is 1.05. The first-order chi connectivity index (χ1) is 16.8. The topological polar surface area (TPSA) is 53.0 Å². The van der Waals surface area contributed by atoms with E-state index in [0.717, 1.165) is 57.7 Å². The zero-order valence-corrected chi connectivity index (χ0v) is 22.0. The third-order valence-corrected chi connectivity index (χ3v) is 8.81. The van der Waals surface area contributed by atoms with Gasteiger partial charge in [0.1, 0.15) is 6.10 Å². The van der Waals surface area contributed by atoms with Gasteiger partial charge in [-0.1, -0.05) is 62.4 Å². The molecule has 0 spiro atoms. The van der Waals surface area contributed by atoms with Crippen LogP contribution in [0.15, 0.2) is 48.1 Å². The third kappa shape index (κ3) is 6.25. The Morgan fingerprint density at radius 3 is 2.54 bits per heavy atom. The van der Waals surface area contributed by atoms with Crippen molar-refractivity contribution in [3.63, 3.8) is 0 Å². The molecule has 0 amide bonds. The highest BCUT2D eigenvalue weighted by Gasteiger charge is 2.52. The van der Waals surface area contributed by atoms with Crippen LogP contribution in [0, 0.1) is 23.7 Å². The summed E-state index contributed by atoms with van der Waals surface area (Å²) in [5.41, 5.74) is 1.56. The number of hydrogen-bond donors (Lipinski definition) is 1. The Hall–Kier alpha value is -1.95. The maximum Gasteiger partial charge on any atom is 0.303 e. The molecule has 1 heterocycles. The molecule has 5 nitrogen and oxygen atoms in total. The lowest BCUT2D eigenvalue weighted by Crippen LogP contribution is -2.56. The number of piperazine rings is 1. The summed E-state index contributed by atoms with van der Waals surface area (Å²) in [7, 11) is 0. The molecule has 5 heteroatoms. The van der Waals surface area contributed by atoms with Crippen molar-refractivity contribution in [3.05, 3.63) is 53.6 Å². The molecule has 6 atom stereocenters. The molecule has 192 valence electrons. The van der Waals surface area contributed by atoms with Crippen LogP contribution in [0.25, 0.3) is 6.08 Å². The highest BCUT2D eigenvalue weighted by Crippen LogP contribution is 2.51. The van der Waals surface area contributed by atoms with Gasteiger partial charge in [-0.05, 0) is 48.7 Å². The summed E-state index contributed by atoms with van der Waals surface area (Å²) >= 11 is 0. The van der Waals surface area contributed by atoms with Gasteiger partial charge in [0.15, 0.2) is 0 Å². The Labute approximate surface area is 211 Å². The standard InChI is InChI=1S/C30H44N2O3/c1-22-19-28-27(13-12-24(3)30(28,34)20-29(22)35-25(4)33)23(2)21-32-17-15-31(16-18-32)14-8-11-26-9-6-5-7-10-26/h5-11,19,23-24,27-29,34H,12-18,20-21H2,1-4H3/b11-8+/t23-,24-,27+,28-,29-,30-/m1/s1. The normalized spacial score (nSPS) is 33.2. The molecule has 4 rings (SSSR count). The van der Waals surface area contributed by atoms with E-state index in [0.29, 0.717) is 18.3 Å². The van der Waals surface area contributed by atoms with E-state index in [2.05, 4.69) is 79.1 Å². The zero-order chi connectivity index (χ0) is 25.0. The molecule has 1 aromatic carbocycles. The fraction of sp³-hybridized carbons (Fsp3) is 0.633.